The van der Waals surface area contributed by atoms with Crippen LogP contribution < -0.4 is 5.73 Å². The minimum atomic E-state index is -3.13. The fourth-order valence-electron chi connectivity index (χ4n) is 1.32. The van der Waals surface area contributed by atoms with E-state index in [-0.39, 0.29) is 11.8 Å². The average molecular weight is 274 g/mol. The second-order valence-corrected chi connectivity index (χ2v) is 8.21. The molecule has 1 aromatic rings. The lowest BCUT2D eigenvalue weighted by Crippen LogP contribution is -2.32. The van der Waals surface area contributed by atoms with Crippen LogP contribution in [0, 0.1) is 0 Å². The first-order chi connectivity index (χ1) is 8.17. The van der Waals surface area contributed by atoms with Gasteiger partial charge in [0.05, 0.1) is 35.0 Å². The highest BCUT2D eigenvalue weighted by molar-refractivity contribution is 7.92. The summed E-state index contributed by atoms with van der Waals surface area (Å²) < 4.78 is 24.7. The van der Waals surface area contributed by atoms with Gasteiger partial charge in [0.15, 0.2) is 9.84 Å². The number of aromatic nitrogens is 3. The molecule has 0 radical (unpaired) electrons. The summed E-state index contributed by atoms with van der Waals surface area (Å²) in [6.45, 7) is 7.36. The smallest absolute Gasteiger partial charge is 0.157 e. The summed E-state index contributed by atoms with van der Waals surface area (Å²) in [7, 11) is -3.13. The summed E-state index contributed by atoms with van der Waals surface area (Å²) in [5.74, 6) is 0.0562. The van der Waals surface area contributed by atoms with Gasteiger partial charge in [-0.05, 0) is 27.2 Å². The van der Waals surface area contributed by atoms with Crippen LogP contribution in [-0.2, 0) is 16.4 Å². The molecule has 6 nitrogen and oxygen atoms in total. The van der Waals surface area contributed by atoms with Crippen LogP contribution in [0.15, 0.2) is 6.20 Å². The Labute approximate surface area is 108 Å². The fourth-order valence-corrected chi connectivity index (χ4v) is 2.36. The van der Waals surface area contributed by atoms with Crippen LogP contribution in [0.2, 0.25) is 0 Å². The van der Waals surface area contributed by atoms with E-state index in [1.54, 1.807) is 27.0 Å². The molecule has 18 heavy (non-hydrogen) atoms. The molecule has 1 heterocycles. The van der Waals surface area contributed by atoms with Crippen LogP contribution in [0.1, 0.15) is 45.9 Å². The molecular formula is C11H22N4O2S. The number of hydrogen-bond acceptors (Lipinski definition) is 5. The third-order valence-electron chi connectivity index (χ3n) is 2.90. The zero-order valence-corrected chi connectivity index (χ0v) is 12.2. The summed E-state index contributed by atoms with van der Waals surface area (Å²) in [6.07, 6.45) is 2.49. The number of rotatable bonds is 5. The zero-order valence-electron chi connectivity index (χ0n) is 11.4. The highest BCUT2D eigenvalue weighted by Crippen LogP contribution is 2.16. The molecule has 0 aliphatic rings. The van der Waals surface area contributed by atoms with Crippen molar-refractivity contribution in [2.45, 2.75) is 51.4 Å². The Morgan fingerprint density at radius 2 is 2.06 bits per heavy atom. The van der Waals surface area contributed by atoms with E-state index in [4.69, 9.17) is 5.73 Å². The molecule has 1 rings (SSSR count). The largest absolute Gasteiger partial charge is 0.323 e. The van der Waals surface area contributed by atoms with Crippen LogP contribution in [0.5, 0.6) is 0 Å². The second kappa shape index (κ2) is 5.36. The molecule has 7 heteroatoms. The average Bonchev–Trinajstić information content (AvgIpc) is 2.72. The summed E-state index contributed by atoms with van der Waals surface area (Å²) in [4.78, 5) is 0. The quantitative estimate of drug-likeness (QED) is 0.861. The van der Waals surface area contributed by atoms with Crippen molar-refractivity contribution in [2.75, 3.05) is 5.75 Å². The molecule has 0 bridgehead atoms. The van der Waals surface area contributed by atoms with E-state index in [1.807, 2.05) is 6.92 Å². The van der Waals surface area contributed by atoms with Crippen LogP contribution >= 0.6 is 0 Å². The lowest BCUT2D eigenvalue weighted by Gasteiger charge is -2.18. The predicted molar refractivity (Wildman–Crippen MR) is 70.8 cm³/mol. The van der Waals surface area contributed by atoms with Gasteiger partial charge in [-0.2, -0.15) is 0 Å². The van der Waals surface area contributed by atoms with Gasteiger partial charge < -0.3 is 5.73 Å². The molecule has 1 unspecified atom stereocenters. The van der Waals surface area contributed by atoms with Crippen LogP contribution in [0.4, 0.5) is 0 Å². The van der Waals surface area contributed by atoms with Crippen molar-refractivity contribution in [3.05, 3.63) is 11.9 Å². The molecule has 0 aliphatic carbocycles. The Morgan fingerprint density at radius 1 is 1.44 bits per heavy atom. The standard InChI is InChI=1S/C11H22N4O2S/c1-5-9(12)10-8-15(14-13-10)6-7-18(16,17)11(2,3)4/h8-9H,5-7,12H2,1-4H3. The molecule has 0 saturated carbocycles. The highest BCUT2D eigenvalue weighted by Gasteiger charge is 2.28. The molecular weight excluding hydrogens is 252 g/mol. The molecule has 104 valence electrons. The molecule has 0 saturated heterocycles. The lowest BCUT2D eigenvalue weighted by atomic mass is 10.2. The Hall–Kier alpha value is -0.950. The Balaban J connectivity index is 2.68. The summed E-state index contributed by atoms with van der Waals surface area (Å²) in [6, 6.07) is -0.141. The van der Waals surface area contributed by atoms with Gasteiger partial charge in [0.2, 0.25) is 0 Å². The van der Waals surface area contributed by atoms with Crippen molar-refractivity contribution in [1.29, 1.82) is 0 Å². The summed E-state index contributed by atoms with van der Waals surface area (Å²) in [5, 5.41) is 7.84. The van der Waals surface area contributed by atoms with Gasteiger partial charge in [-0.3, -0.25) is 4.68 Å². The monoisotopic (exact) mass is 274 g/mol. The molecule has 1 atom stereocenters. The zero-order chi connectivity index (χ0) is 14.0. The number of nitrogens with two attached hydrogens (primary N) is 1. The summed E-state index contributed by atoms with van der Waals surface area (Å²) >= 11 is 0. The van der Waals surface area contributed by atoms with Crippen molar-refractivity contribution < 1.29 is 8.42 Å². The maximum atomic E-state index is 11.9. The van der Waals surface area contributed by atoms with E-state index in [0.29, 0.717) is 12.2 Å². The Morgan fingerprint density at radius 3 is 2.56 bits per heavy atom. The van der Waals surface area contributed by atoms with Crippen molar-refractivity contribution in [1.82, 2.24) is 15.0 Å². The van der Waals surface area contributed by atoms with Crippen molar-refractivity contribution in [3.63, 3.8) is 0 Å². The van der Waals surface area contributed by atoms with Crippen molar-refractivity contribution in [2.24, 2.45) is 5.73 Å². The van der Waals surface area contributed by atoms with E-state index < -0.39 is 14.6 Å². The number of nitrogens with zero attached hydrogens (tertiary/aromatic N) is 3. The van der Waals surface area contributed by atoms with Gasteiger partial charge in [0.1, 0.15) is 0 Å². The maximum Gasteiger partial charge on any atom is 0.157 e. The molecule has 0 spiro atoms. The molecule has 0 aliphatic heterocycles. The van der Waals surface area contributed by atoms with E-state index >= 15 is 0 Å². The van der Waals surface area contributed by atoms with Gasteiger partial charge in [-0.1, -0.05) is 12.1 Å². The van der Waals surface area contributed by atoms with Crippen LogP contribution in [0.3, 0.4) is 0 Å². The summed E-state index contributed by atoms with van der Waals surface area (Å²) in [5.41, 5.74) is 6.52. The van der Waals surface area contributed by atoms with Crippen molar-refractivity contribution in [3.8, 4) is 0 Å². The molecule has 0 aromatic carbocycles. The molecule has 0 fully saturated rings. The normalized spacial score (nSPS) is 14.7. The number of aryl methyl sites for hydroxylation is 1. The molecule has 0 amide bonds. The van der Waals surface area contributed by atoms with Gasteiger partial charge in [0.25, 0.3) is 0 Å². The topological polar surface area (TPSA) is 90.9 Å². The minimum absolute atomic E-state index is 0.0562. The third-order valence-corrected chi connectivity index (χ3v) is 5.48. The van der Waals surface area contributed by atoms with E-state index in [1.165, 1.54) is 4.68 Å². The molecule has 2 N–H and O–H groups in total. The van der Waals surface area contributed by atoms with E-state index in [2.05, 4.69) is 10.3 Å². The highest BCUT2D eigenvalue weighted by atomic mass is 32.2. The molecule has 1 aromatic heterocycles. The van der Waals surface area contributed by atoms with Gasteiger partial charge in [0, 0.05) is 0 Å². The van der Waals surface area contributed by atoms with Crippen LogP contribution in [0.25, 0.3) is 0 Å². The van der Waals surface area contributed by atoms with Gasteiger partial charge in [-0.15, -0.1) is 5.10 Å². The Bertz CT molecular complexity index is 487. The fraction of sp³-hybridized carbons (Fsp3) is 0.818. The first kappa shape index (κ1) is 15.1. The number of sulfone groups is 1. The second-order valence-electron chi connectivity index (χ2n) is 5.35. The van der Waals surface area contributed by atoms with E-state index in [0.717, 1.165) is 6.42 Å². The number of hydrogen-bond donors (Lipinski definition) is 1. The predicted octanol–water partition coefficient (Wildman–Crippen LogP) is 0.901. The minimum Gasteiger partial charge on any atom is -0.323 e. The Kier molecular flexibility index (Phi) is 4.50. The van der Waals surface area contributed by atoms with Crippen LogP contribution in [-0.4, -0.2) is 33.9 Å². The van der Waals surface area contributed by atoms with Crippen molar-refractivity contribution >= 4 is 9.84 Å². The third kappa shape index (κ3) is 3.52. The first-order valence-corrected chi connectivity index (χ1v) is 7.70. The SMILES string of the molecule is CCC(N)c1cn(CCS(=O)(=O)C(C)(C)C)nn1. The maximum absolute atomic E-state index is 11.9. The van der Waals surface area contributed by atoms with Gasteiger partial charge in [-0.25, -0.2) is 8.42 Å². The first-order valence-electron chi connectivity index (χ1n) is 6.05. The van der Waals surface area contributed by atoms with Gasteiger partial charge >= 0.3 is 0 Å². The van der Waals surface area contributed by atoms with E-state index in [9.17, 15) is 8.42 Å². The lowest BCUT2D eigenvalue weighted by molar-refractivity contribution is 0.545.